The molecule has 0 N–H and O–H groups in total. The van der Waals surface area contributed by atoms with Crippen molar-refractivity contribution < 1.29 is 13.9 Å². The second-order valence-corrected chi connectivity index (χ2v) is 7.16. The van der Waals surface area contributed by atoms with Crippen LogP contribution in [0.3, 0.4) is 0 Å². The quantitative estimate of drug-likeness (QED) is 0.699. The van der Waals surface area contributed by atoms with Crippen molar-refractivity contribution >= 4 is 5.91 Å². The number of rotatable bonds is 3. The van der Waals surface area contributed by atoms with Crippen LogP contribution < -0.4 is 0 Å². The molecule has 2 aliphatic heterocycles. The lowest BCUT2D eigenvalue weighted by atomic mass is 9.97. The van der Waals surface area contributed by atoms with Crippen molar-refractivity contribution in [2.75, 3.05) is 19.7 Å². The van der Waals surface area contributed by atoms with E-state index < -0.39 is 6.10 Å². The van der Waals surface area contributed by atoms with Crippen LogP contribution in [0.5, 0.6) is 0 Å². The minimum absolute atomic E-state index is 0.0154. The molecule has 2 aromatic heterocycles. The minimum atomic E-state index is -0.516. The topological polar surface area (TPSA) is 81.4 Å². The van der Waals surface area contributed by atoms with Gasteiger partial charge >= 0.3 is 0 Å². The van der Waals surface area contributed by atoms with E-state index in [4.69, 9.17) is 9.15 Å². The fraction of sp³-hybridized carbons (Fsp3) is 0.333. The largest absolute Gasteiger partial charge is 0.420 e. The summed E-state index contributed by atoms with van der Waals surface area (Å²) >= 11 is 0. The number of pyridine rings is 1. The van der Waals surface area contributed by atoms with Gasteiger partial charge < -0.3 is 14.1 Å². The highest BCUT2D eigenvalue weighted by molar-refractivity contribution is 5.83. The highest BCUT2D eigenvalue weighted by atomic mass is 16.5. The Hall–Kier alpha value is -3.06. The fourth-order valence-electron chi connectivity index (χ4n) is 3.93. The lowest BCUT2D eigenvalue weighted by Crippen LogP contribution is -2.36. The van der Waals surface area contributed by atoms with Gasteiger partial charge in [0.25, 0.3) is 5.91 Å². The predicted molar refractivity (Wildman–Crippen MR) is 100 cm³/mol. The van der Waals surface area contributed by atoms with Crippen molar-refractivity contribution in [1.82, 2.24) is 20.1 Å². The number of carbonyl (C=O) groups is 1. The van der Waals surface area contributed by atoms with E-state index in [0.717, 1.165) is 24.0 Å². The van der Waals surface area contributed by atoms with E-state index in [-0.39, 0.29) is 11.8 Å². The van der Waals surface area contributed by atoms with Crippen molar-refractivity contribution in [2.45, 2.75) is 24.9 Å². The summed E-state index contributed by atoms with van der Waals surface area (Å²) in [6, 6.07) is 11.7. The molecule has 7 heteroatoms. The Morgan fingerprint density at radius 1 is 1.14 bits per heavy atom. The predicted octanol–water partition coefficient (Wildman–Crippen LogP) is 2.76. The van der Waals surface area contributed by atoms with Gasteiger partial charge in [0.15, 0.2) is 6.10 Å². The van der Waals surface area contributed by atoms with Crippen molar-refractivity contribution in [2.24, 2.45) is 0 Å². The molecule has 28 heavy (non-hydrogen) atoms. The third-order valence-electron chi connectivity index (χ3n) is 5.42. The van der Waals surface area contributed by atoms with Gasteiger partial charge in [0.2, 0.25) is 11.8 Å². The molecule has 2 atom stereocenters. The number of ether oxygens (including phenoxy) is 1. The average molecular weight is 376 g/mol. The summed E-state index contributed by atoms with van der Waals surface area (Å²) in [6.45, 7) is 1.80. The minimum Gasteiger partial charge on any atom is -0.420 e. The maximum Gasteiger partial charge on any atom is 0.256 e. The first-order valence-corrected chi connectivity index (χ1v) is 9.51. The number of amides is 1. The molecule has 2 aliphatic rings. The van der Waals surface area contributed by atoms with E-state index in [9.17, 15) is 4.79 Å². The van der Waals surface area contributed by atoms with E-state index >= 15 is 0 Å². The summed E-state index contributed by atoms with van der Waals surface area (Å²) in [5.41, 5.74) is 2.97. The number of fused-ring (bicyclic) bond motifs is 1. The van der Waals surface area contributed by atoms with E-state index in [1.165, 1.54) is 5.56 Å². The molecule has 1 amide bonds. The molecule has 0 bridgehead atoms. The standard InChI is InChI=1S/C21H20N4O3/c26-21(18-17-6-2-1-4-14(17)8-11-27-18)25-10-7-16(13-25)20-24-23-19(28-20)15-5-3-9-22-12-15/h1-6,9,12,16,18H,7-8,10-11,13H2. The van der Waals surface area contributed by atoms with Crippen LogP contribution in [0.1, 0.15) is 35.5 Å². The Morgan fingerprint density at radius 2 is 2.07 bits per heavy atom. The molecule has 4 heterocycles. The Labute approximate surface area is 162 Å². The van der Waals surface area contributed by atoms with Gasteiger partial charge in [-0.25, -0.2) is 0 Å². The van der Waals surface area contributed by atoms with E-state index in [1.54, 1.807) is 12.4 Å². The average Bonchev–Trinajstić information content (AvgIpc) is 3.43. The van der Waals surface area contributed by atoms with Crippen LogP contribution in [0, 0.1) is 0 Å². The second-order valence-electron chi connectivity index (χ2n) is 7.16. The number of aromatic nitrogens is 3. The van der Waals surface area contributed by atoms with Gasteiger partial charge in [-0.1, -0.05) is 24.3 Å². The SMILES string of the molecule is O=C(C1OCCc2ccccc21)N1CCC(c2nnc(-c3cccnc3)o2)C1. The number of likely N-dealkylation sites (tertiary alicyclic amines) is 1. The molecular formula is C21H20N4O3. The fourth-order valence-corrected chi connectivity index (χ4v) is 3.93. The number of carbonyl (C=O) groups excluding carboxylic acids is 1. The highest BCUT2D eigenvalue weighted by Crippen LogP contribution is 2.33. The number of nitrogens with zero attached hydrogens (tertiary/aromatic N) is 4. The molecule has 5 rings (SSSR count). The molecule has 7 nitrogen and oxygen atoms in total. The molecule has 3 aromatic rings. The highest BCUT2D eigenvalue weighted by Gasteiger charge is 2.36. The Morgan fingerprint density at radius 3 is 2.96 bits per heavy atom. The summed E-state index contributed by atoms with van der Waals surface area (Å²) < 4.78 is 11.7. The van der Waals surface area contributed by atoms with E-state index in [1.807, 2.05) is 35.2 Å². The van der Waals surface area contributed by atoms with Crippen molar-refractivity contribution in [1.29, 1.82) is 0 Å². The third kappa shape index (κ3) is 3.07. The maximum atomic E-state index is 13.1. The molecule has 142 valence electrons. The number of hydrogen-bond acceptors (Lipinski definition) is 6. The summed E-state index contributed by atoms with van der Waals surface area (Å²) in [5, 5.41) is 8.34. The zero-order chi connectivity index (χ0) is 18.9. The van der Waals surface area contributed by atoms with Gasteiger partial charge in [-0.3, -0.25) is 9.78 Å². The molecule has 1 saturated heterocycles. The van der Waals surface area contributed by atoms with Gasteiger partial charge in [0.1, 0.15) is 0 Å². The molecule has 1 aromatic carbocycles. The normalized spacial score (nSPS) is 21.5. The first kappa shape index (κ1) is 17.1. The molecule has 1 fully saturated rings. The monoisotopic (exact) mass is 376 g/mol. The molecule has 0 spiro atoms. The van der Waals surface area contributed by atoms with Crippen molar-refractivity contribution in [3.05, 3.63) is 65.8 Å². The van der Waals surface area contributed by atoms with Gasteiger partial charge in [-0.2, -0.15) is 0 Å². The molecular weight excluding hydrogens is 356 g/mol. The van der Waals surface area contributed by atoms with Crippen LogP contribution in [0.4, 0.5) is 0 Å². The number of hydrogen-bond donors (Lipinski definition) is 0. The van der Waals surface area contributed by atoms with Crippen LogP contribution in [0.15, 0.2) is 53.2 Å². The van der Waals surface area contributed by atoms with Crippen molar-refractivity contribution in [3.8, 4) is 11.5 Å². The van der Waals surface area contributed by atoms with Gasteiger partial charge in [0.05, 0.1) is 18.1 Å². The van der Waals surface area contributed by atoms with Crippen LogP contribution in [-0.2, 0) is 16.0 Å². The zero-order valence-corrected chi connectivity index (χ0v) is 15.3. The first-order chi connectivity index (χ1) is 13.8. The second kappa shape index (κ2) is 7.16. The Balaban J connectivity index is 1.30. The van der Waals surface area contributed by atoms with E-state index in [2.05, 4.69) is 21.2 Å². The molecule has 2 unspecified atom stereocenters. The maximum absolute atomic E-state index is 13.1. The summed E-state index contributed by atoms with van der Waals surface area (Å²) in [6.07, 6.45) is 4.53. The Bertz CT molecular complexity index is 988. The molecule has 0 radical (unpaired) electrons. The number of benzene rings is 1. The van der Waals surface area contributed by atoms with Gasteiger partial charge in [-0.05, 0) is 36.1 Å². The van der Waals surface area contributed by atoms with E-state index in [0.29, 0.717) is 31.5 Å². The summed E-state index contributed by atoms with van der Waals surface area (Å²) in [4.78, 5) is 19.0. The van der Waals surface area contributed by atoms with Crippen LogP contribution >= 0.6 is 0 Å². The smallest absolute Gasteiger partial charge is 0.256 e. The van der Waals surface area contributed by atoms with Crippen LogP contribution in [0.25, 0.3) is 11.5 Å². The zero-order valence-electron chi connectivity index (χ0n) is 15.3. The molecule has 0 aliphatic carbocycles. The molecule has 0 saturated carbocycles. The third-order valence-corrected chi connectivity index (χ3v) is 5.42. The Kier molecular flexibility index (Phi) is 4.37. The lowest BCUT2D eigenvalue weighted by Gasteiger charge is -2.28. The van der Waals surface area contributed by atoms with Crippen molar-refractivity contribution in [3.63, 3.8) is 0 Å². The van der Waals surface area contributed by atoms with Crippen LogP contribution in [0.2, 0.25) is 0 Å². The first-order valence-electron chi connectivity index (χ1n) is 9.51. The van der Waals surface area contributed by atoms with Gasteiger partial charge in [-0.15, -0.1) is 10.2 Å². The lowest BCUT2D eigenvalue weighted by molar-refractivity contribution is -0.144. The summed E-state index contributed by atoms with van der Waals surface area (Å²) in [7, 11) is 0. The summed E-state index contributed by atoms with van der Waals surface area (Å²) in [5.74, 6) is 1.08. The van der Waals surface area contributed by atoms with Crippen LogP contribution in [-0.4, -0.2) is 45.7 Å². The van der Waals surface area contributed by atoms with Gasteiger partial charge in [0, 0.05) is 25.5 Å².